The Balaban J connectivity index is 1.92. The molecule has 4 rings (SSSR count). The van der Waals surface area contributed by atoms with Crippen molar-refractivity contribution >= 4 is 33.9 Å². The first-order valence-electron chi connectivity index (χ1n) is 10.6. The Bertz CT molecular complexity index is 1200. The van der Waals surface area contributed by atoms with Gasteiger partial charge in [0.05, 0.1) is 17.3 Å². The summed E-state index contributed by atoms with van der Waals surface area (Å²) >= 11 is 1.37. The number of amides is 1. The monoisotopic (exact) mass is 446 g/mol. The van der Waals surface area contributed by atoms with Crippen molar-refractivity contribution in [2.75, 3.05) is 4.90 Å². The molecular weight excluding hydrogens is 420 g/mol. The van der Waals surface area contributed by atoms with Crippen LogP contribution in [0.5, 0.6) is 0 Å². The van der Waals surface area contributed by atoms with Crippen molar-refractivity contribution in [2.24, 2.45) is 0 Å². The molecule has 6 heteroatoms. The van der Waals surface area contributed by atoms with Crippen molar-refractivity contribution in [3.63, 3.8) is 0 Å². The number of Topliss-reactive ketones (excluding diaryl/α,β-unsaturated/α-hetero) is 1. The van der Waals surface area contributed by atoms with Crippen LogP contribution in [0.3, 0.4) is 0 Å². The Morgan fingerprint density at radius 3 is 2.16 bits per heavy atom. The molecule has 1 N–H and O–H groups in total. The predicted octanol–water partition coefficient (Wildman–Crippen LogP) is 5.82. The first-order chi connectivity index (χ1) is 15.2. The molecule has 3 aromatic rings. The van der Waals surface area contributed by atoms with E-state index < -0.39 is 17.7 Å². The highest BCUT2D eigenvalue weighted by atomic mass is 32.1. The van der Waals surface area contributed by atoms with Gasteiger partial charge in [-0.3, -0.25) is 14.5 Å². The first kappa shape index (κ1) is 22.0. The molecule has 1 atom stereocenters. The number of rotatable bonds is 4. The number of hydrogen-bond acceptors (Lipinski definition) is 5. The number of aliphatic hydroxyl groups is 1. The summed E-state index contributed by atoms with van der Waals surface area (Å²) in [5.41, 5.74) is 4.36. The van der Waals surface area contributed by atoms with Crippen LogP contribution in [-0.2, 0) is 9.59 Å². The van der Waals surface area contributed by atoms with Crippen molar-refractivity contribution < 1.29 is 14.7 Å². The number of ketones is 1. The second-order valence-corrected chi connectivity index (χ2v) is 9.68. The molecule has 0 saturated carbocycles. The maximum absolute atomic E-state index is 13.2. The van der Waals surface area contributed by atoms with Crippen LogP contribution in [0.2, 0.25) is 0 Å². The van der Waals surface area contributed by atoms with Gasteiger partial charge >= 0.3 is 5.91 Å². The molecule has 32 heavy (non-hydrogen) atoms. The molecule has 164 valence electrons. The van der Waals surface area contributed by atoms with Crippen LogP contribution in [0.25, 0.3) is 5.76 Å². The minimum absolute atomic E-state index is 0.0849. The Labute approximate surface area is 192 Å². The van der Waals surface area contributed by atoms with Gasteiger partial charge in [-0.1, -0.05) is 67.9 Å². The number of hydrogen-bond donors (Lipinski definition) is 1. The fraction of sp³-hybridized carbons (Fsp3) is 0.269. The molecule has 1 amide bonds. The fourth-order valence-corrected chi connectivity index (χ4v) is 4.77. The quantitative estimate of drug-likeness (QED) is 0.311. The van der Waals surface area contributed by atoms with Crippen molar-refractivity contribution in [1.29, 1.82) is 0 Å². The summed E-state index contributed by atoms with van der Waals surface area (Å²) in [5.74, 6) is -1.20. The summed E-state index contributed by atoms with van der Waals surface area (Å²) in [5, 5.41) is 11.6. The summed E-state index contributed by atoms with van der Waals surface area (Å²) in [4.78, 5) is 33.3. The Morgan fingerprint density at radius 1 is 1.00 bits per heavy atom. The average molecular weight is 447 g/mol. The maximum Gasteiger partial charge on any atom is 0.301 e. The smallest absolute Gasteiger partial charge is 0.301 e. The molecule has 2 aromatic carbocycles. The molecule has 2 heterocycles. The maximum atomic E-state index is 13.2. The Hall–Kier alpha value is -3.25. The topological polar surface area (TPSA) is 70.5 Å². The third-order valence-electron chi connectivity index (χ3n) is 5.91. The van der Waals surface area contributed by atoms with E-state index in [1.54, 1.807) is 12.1 Å². The lowest BCUT2D eigenvalue weighted by Gasteiger charge is -2.23. The van der Waals surface area contributed by atoms with E-state index in [2.05, 4.69) is 18.8 Å². The lowest BCUT2D eigenvalue weighted by molar-refractivity contribution is -0.132. The second kappa shape index (κ2) is 8.36. The Kier molecular flexibility index (Phi) is 5.73. The summed E-state index contributed by atoms with van der Waals surface area (Å²) in [6.07, 6.45) is 0. The molecule has 1 aromatic heterocycles. The van der Waals surface area contributed by atoms with Gasteiger partial charge in [-0.05, 0) is 37.8 Å². The molecule has 1 aliphatic rings. The van der Waals surface area contributed by atoms with E-state index >= 15 is 0 Å². The fourth-order valence-electron chi connectivity index (χ4n) is 3.83. The molecular formula is C26H26N2O3S. The predicted molar refractivity (Wildman–Crippen MR) is 128 cm³/mol. The molecule has 0 aliphatic carbocycles. The zero-order valence-corrected chi connectivity index (χ0v) is 19.7. The molecule has 1 unspecified atom stereocenters. The van der Waals surface area contributed by atoms with E-state index in [1.165, 1.54) is 16.2 Å². The second-order valence-electron chi connectivity index (χ2n) is 8.49. The number of anilines is 1. The summed E-state index contributed by atoms with van der Waals surface area (Å²) in [7, 11) is 0. The van der Waals surface area contributed by atoms with Crippen molar-refractivity contribution in [2.45, 2.75) is 46.6 Å². The van der Waals surface area contributed by atoms with Gasteiger partial charge in [0.15, 0.2) is 5.13 Å². The molecule has 1 saturated heterocycles. The number of nitrogens with zero attached hydrogens (tertiary/aromatic N) is 2. The molecule has 0 radical (unpaired) electrons. The van der Waals surface area contributed by atoms with Crippen molar-refractivity contribution in [1.82, 2.24) is 4.98 Å². The number of thiazole rings is 1. The van der Waals surface area contributed by atoms with Gasteiger partial charge in [0.25, 0.3) is 5.78 Å². The summed E-state index contributed by atoms with van der Waals surface area (Å²) in [6.45, 7) is 9.99. The van der Waals surface area contributed by atoms with E-state index in [1.807, 2.05) is 57.2 Å². The highest BCUT2D eigenvalue weighted by Gasteiger charge is 2.48. The normalized spacial score (nSPS) is 18.1. The van der Waals surface area contributed by atoms with Crippen LogP contribution in [0.4, 0.5) is 5.13 Å². The molecule has 1 fully saturated rings. The van der Waals surface area contributed by atoms with Gasteiger partial charge in [0.1, 0.15) is 5.76 Å². The molecule has 5 nitrogen and oxygen atoms in total. The average Bonchev–Trinajstić information content (AvgIpc) is 3.23. The van der Waals surface area contributed by atoms with Crippen molar-refractivity contribution in [3.8, 4) is 0 Å². The van der Waals surface area contributed by atoms with Crippen LogP contribution < -0.4 is 4.90 Å². The van der Waals surface area contributed by atoms with Crippen LogP contribution in [0.15, 0.2) is 54.1 Å². The lowest BCUT2D eigenvalue weighted by atomic mass is 9.93. The molecule has 0 spiro atoms. The van der Waals surface area contributed by atoms with Gasteiger partial charge in [0.2, 0.25) is 0 Å². The number of aryl methyl sites for hydroxylation is 3. The van der Waals surface area contributed by atoms with Gasteiger partial charge < -0.3 is 5.11 Å². The number of aliphatic hydroxyl groups excluding tert-OH is 1. The van der Waals surface area contributed by atoms with E-state index in [0.717, 1.165) is 27.3 Å². The van der Waals surface area contributed by atoms with Gasteiger partial charge in [-0.2, -0.15) is 0 Å². The van der Waals surface area contributed by atoms with E-state index in [0.29, 0.717) is 16.6 Å². The standard InChI is InChI=1S/C26H26N2O3S/c1-14(2)18-10-12-19(13-11-18)22-21(23(29)20-8-6-15(3)7-9-20)24(30)25(31)28(22)26-27-16(4)17(5)32-26/h6-14,22,29H,1-5H3/b23-21+. The molecule has 0 bridgehead atoms. The van der Waals surface area contributed by atoms with Crippen LogP contribution in [-0.4, -0.2) is 21.8 Å². The summed E-state index contributed by atoms with van der Waals surface area (Å²) < 4.78 is 0. The number of aromatic nitrogens is 1. The van der Waals surface area contributed by atoms with Gasteiger partial charge in [-0.25, -0.2) is 4.98 Å². The van der Waals surface area contributed by atoms with Gasteiger partial charge in [0, 0.05) is 10.4 Å². The number of carbonyl (C=O) groups is 2. The largest absolute Gasteiger partial charge is 0.507 e. The SMILES string of the molecule is Cc1ccc(/C(O)=C2\C(=O)C(=O)N(c3nc(C)c(C)s3)C2c2ccc(C(C)C)cc2)cc1. The lowest BCUT2D eigenvalue weighted by Crippen LogP contribution is -2.29. The minimum atomic E-state index is -0.748. The van der Waals surface area contributed by atoms with E-state index in [-0.39, 0.29) is 11.3 Å². The molecule has 1 aliphatic heterocycles. The minimum Gasteiger partial charge on any atom is -0.507 e. The highest BCUT2D eigenvalue weighted by molar-refractivity contribution is 7.16. The zero-order chi connectivity index (χ0) is 23.2. The highest BCUT2D eigenvalue weighted by Crippen LogP contribution is 2.43. The van der Waals surface area contributed by atoms with Crippen LogP contribution in [0, 0.1) is 20.8 Å². The van der Waals surface area contributed by atoms with Crippen LogP contribution in [0.1, 0.15) is 58.6 Å². The van der Waals surface area contributed by atoms with Crippen molar-refractivity contribution in [3.05, 3.63) is 86.9 Å². The third-order valence-corrected chi connectivity index (χ3v) is 6.98. The zero-order valence-electron chi connectivity index (χ0n) is 18.8. The summed E-state index contributed by atoms with van der Waals surface area (Å²) in [6, 6.07) is 14.4. The van der Waals surface area contributed by atoms with E-state index in [9.17, 15) is 14.7 Å². The van der Waals surface area contributed by atoms with E-state index in [4.69, 9.17) is 0 Å². The first-order valence-corrected chi connectivity index (χ1v) is 11.4. The van der Waals surface area contributed by atoms with Crippen LogP contribution >= 0.6 is 11.3 Å². The number of benzene rings is 2. The Morgan fingerprint density at radius 2 is 1.62 bits per heavy atom. The number of carbonyl (C=O) groups excluding carboxylic acids is 2. The van der Waals surface area contributed by atoms with Gasteiger partial charge in [-0.15, -0.1) is 11.3 Å². The third kappa shape index (κ3) is 3.75.